The van der Waals surface area contributed by atoms with E-state index in [0.717, 1.165) is 5.56 Å². The van der Waals surface area contributed by atoms with Crippen LogP contribution in [0.5, 0.6) is 0 Å². The van der Waals surface area contributed by atoms with E-state index >= 15 is 0 Å². The van der Waals surface area contributed by atoms with Gasteiger partial charge in [-0.3, -0.25) is 4.99 Å². The molecular weight excluding hydrogens is 418 g/mol. The van der Waals surface area contributed by atoms with Crippen LogP contribution in [0, 0.1) is 17.1 Å². The van der Waals surface area contributed by atoms with Crippen LogP contribution in [0.3, 0.4) is 0 Å². The van der Waals surface area contributed by atoms with Crippen LogP contribution in [0.15, 0.2) is 53.5 Å². The molecule has 0 unspecified atom stereocenters. The van der Waals surface area contributed by atoms with Crippen molar-refractivity contribution in [2.24, 2.45) is 4.99 Å². The number of nitrogens with zero attached hydrogens (tertiary/aromatic N) is 2. The van der Waals surface area contributed by atoms with E-state index in [2.05, 4.69) is 21.7 Å². The molecule has 0 radical (unpaired) electrons. The first-order valence-electron chi connectivity index (χ1n) is 7.40. The molecule has 0 amide bonds. The van der Waals surface area contributed by atoms with Crippen LogP contribution in [0.4, 0.5) is 4.39 Å². The summed E-state index contributed by atoms with van der Waals surface area (Å²) in [7, 11) is 1.68. The van der Waals surface area contributed by atoms with Crippen molar-refractivity contribution in [3.05, 3.63) is 71.0 Å². The molecule has 0 saturated carbocycles. The zero-order valence-electron chi connectivity index (χ0n) is 13.4. The maximum absolute atomic E-state index is 13.5. The van der Waals surface area contributed by atoms with E-state index in [0.29, 0.717) is 36.6 Å². The second kappa shape index (κ2) is 10.6. The van der Waals surface area contributed by atoms with E-state index in [-0.39, 0.29) is 29.8 Å². The molecule has 0 saturated heterocycles. The number of hydrogen-bond donors (Lipinski definition) is 2. The topological polar surface area (TPSA) is 60.2 Å². The monoisotopic (exact) mass is 438 g/mol. The van der Waals surface area contributed by atoms with Crippen LogP contribution in [-0.2, 0) is 13.0 Å². The van der Waals surface area contributed by atoms with Gasteiger partial charge in [-0.2, -0.15) is 5.26 Å². The fourth-order valence-electron chi connectivity index (χ4n) is 2.17. The van der Waals surface area contributed by atoms with E-state index in [1.54, 1.807) is 25.2 Å². The smallest absolute Gasteiger partial charge is 0.191 e. The Kier molecular flexibility index (Phi) is 8.79. The third-order valence-corrected chi connectivity index (χ3v) is 3.38. The zero-order valence-corrected chi connectivity index (χ0v) is 15.8. The van der Waals surface area contributed by atoms with Crippen LogP contribution in [0.2, 0.25) is 0 Å². The van der Waals surface area contributed by atoms with Crippen molar-refractivity contribution in [1.82, 2.24) is 10.6 Å². The minimum Gasteiger partial charge on any atom is -0.356 e. The van der Waals surface area contributed by atoms with E-state index in [1.165, 1.54) is 6.07 Å². The van der Waals surface area contributed by atoms with Gasteiger partial charge in [0.15, 0.2) is 5.96 Å². The quantitative estimate of drug-likeness (QED) is 0.428. The van der Waals surface area contributed by atoms with Gasteiger partial charge in [-0.15, -0.1) is 24.0 Å². The predicted octanol–water partition coefficient (Wildman–Crippen LogP) is 3.22. The summed E-state index contributed by atoms with van der Waals surface area (Å²) in [5.74, 6) is 0.453. The number of benzene rings is 2. The van der Waals surface area contributed by atoms with Gasteiger partial charge in [0.2, 0.25) is 0 Å². The molecule has 0 bridgehead atoms. The molecule has 6 heteroatoms. The fraction of sp³-hybridized carbons (Fsp3) is 0.222. The Labute approximate surface area is 158 Å². The van der Waals surface area contributed by atoms with Gasteiger partial charge < -0.3 is 10.6 Å². The van der Waals surface area contributed by atoms with Gasteiger partial charge in [-0.1, -0.05) is 30.3 Å². The van der Waals surface area contributed by atoms with Crippen LogP contribution in [0.1, 0.15) is 16.7 Å². The molecule has 2 N–H and O–H groups in total. The van der Waals surface area contributed by atoms with Crippen molar-refractivity contribution in [3.8, 4) is 6.07 Å². The summed E-state index contributed by atoms with van der Waals surface area (Å²) in [6.45, 7) is 1.15. The highest BCUT2D eigenvalue weighted by atomic mass is 127. The van der Waals surface area contributed by atoms with Crippen molar-refractivity contribution < 1.29 is 4.39 Å². The number of nitrogens with one attached hydrogen (secondary N) is 2. The van der Waals surface area contributed by atoms with Crippen LogP contribution in [-0.4, -0.2) is 19.6 Å². The molecule has 0 atom stereocenters. The molecule has 4 nitrogen and oxygen atoms in total. The minimum atomic E-state index is -0.189. The molecule has 0 aliphatic rings. The lowest BCUT2D eigenvalue weighted by atomic mass is 10.1. The molecule has 126 valence electrons. The average molecular weight is 438 g/mol. The molecule has 0 fully saturated rings. The lowest BCUT2D eigenvalue weighted by Gasteiger charge is -2.12. The summed E-state index contributed by atoms with van der Waals surface area (Å²) >= 11 is 0. The van der Waals surface area contributed by atoms with Gasteiger partial charge in [0.05, 0.1) is 11.6 Å². The Balaban J connectivity index is 0.00000288. The molecule has 0 aromatic heterocycles. The molecular formula is C18H20FIN4. The molecule has 2 aromatic carbocycles. The summed E-state index contributed by atoms with van der Waals surface area (Å²) in [6.07, 6.45) is 0.581. The summed E-state index contributed by atoms with van der Waals surface area (Å²) in [4.78, 5) is 4.13. The van der Waals surface area contributed by atoms with Gasteiger partial charge in [0, 0.05) is 20.1 Å². The van der Waals surface area contributed by atoms with Crippen molar-refractivity contribution >= 4 is 29.9 Å². The average Bonchev–Trinajstić information content (AvgIpc) is 2.59. The SMILES string of the molecule is CN=C(NCCc1ccccc1F)NCc1cccc(C#N)c1.I. The van der Waals surface area contributed by atoms with Crippen LogP contribution < -0.4 is 10.6 Å². The molecule has 2 rings (SSSR count). The Hall–Kier alpha value is -2.14. The summed E-state index contributed by atoms with van der Waals surface area (Å²) in [5.41, 5.74) is 2.31. The Morgan fingerprint density at radius 2 is 1.96 bits per heavy atom. The molecule has 0 spiro atoms. The van der Waals surface area contributed by atoms with Gasteiger partial charge in [0.25, 0.3) is 0 Å². The molecule has 24 heavy (non-hydrogen) atoms. The summed E-state index contributed by atoms with van der Waals surface area (Å²) < 4.78 is 13.5. The zero-order chi connectivity index (χ0) is 16.5. The number of nitriles is 1. The molecule has 0 heterocycles. The maximum atomic E-state index is 13.5. The minimum absolute atomic E-state index is 0. The van der Waals surface area contributed by atoms with Gasteiger partial charge in [-0.05, 0) is 35.7 Å². The first kappa shape index (κ1) is 19.9. The highest BCUT2D eigenvalue weighted by molar-refractivity contribution is 14.0. The Morgan fingerprint density at radius 3 is 2.67 bits per heavy atom. The van der Waals surface area contributed by atoms with E-state index in [4.69, 9.17) is 5.26 Å². The summed E-state index contributed by atoms with van der Waals surface area (Å²) in [6, 6.07) is 16.3. The highest BCUT2D eigenvalue weighted by Crippen LogP contribution is 2.06. The lowest BCUT2D eigenvalue weighted by Crippen LogP contribution is -2.37. The number of hydrogen-bond acceptors (Lipinski definition) is 2. The largest absolute Gasteiger partial charge is 0.356 e. The van der Waals surface area contributed by atoms with Crippen molar-refractivity contribution in [2.75, 3.05) is 13.6 Å². The van der Waals surface area contributed by atoms with Crippen LogP contribution >= 0.6 is 24.0 Å². The fourth-order valence-corrected chi connectivity index (χ4v) is 2.17. The van der Waals surface area contributed by atoms with Gasteiger partial charge in [0.1, 0.15) is 5.82 Å². The van der Waals surface area contributed by atoms with Crippen molar-refractivity contribution in [2.45, 2.75) is 13.0 Å². The summed E-state index contributed by atoms with van der Waals surface area (Å²) in [5, 5.41) is 15.2. The molecule has 0 aliphatic carbocycles. The number of guanidine groups is 1. The number of aliphatic imine (C=N–C) groups is 1. The second-order valence-corrected chi connectivity index (χ2v) is 5.01. The van der Waals surface area contributed by atoms with E-state index in [9.17, 15) is 4.39 Å². The van der Waals surface area contributed by atoms with E-state index < -0.39 is 0 Å². The predicted molar refractivity (Wildman–Crippen MR) is 105 cm³/mol. The number of halogens is 2. The third-order valence-electron chi connectivity index (χ3n) is 3.38. The molecule has 0 aliphatic heterocycles. The first-order valence-corrected chi connectivity index (χ1v) is 7.40. The van der Waals surface area contributed by atoms with Crippen molar-refractivity contribution in [3.63, 3.8) is 0 Å². The number of rotatable bonds is 5. The van der Waals surface area contributed by atoms with Crippen molar-refractivity contribution in [1.29, 1.82) is 5.26 Å². The second-order valence-electron chi connectivity index (χ2n) is 5.01. The van der Waals surface area contributed by atoms with Crippen LogP contribution in [0.25, 0.3) is 0 Å². The Morgan fingerprint density at radius 1 is 1.17 bits per heavy atom. The van der Waals surface area contributed by atoms with Gasteiger partial charge in [-0.25, -0.2) is 4.39 Å². The Bertz CT molecular complexity index is 725. The van der Waals surface area contributed by atoms with E-state index in [1.807, 2.05) is 24.3 Å². The van der Waals surface area contributed by atoms with Gasteiger partial charge >= 0.3 is 0 Å². The third kappa shape index (κ3) is 6.16. The normalized spacial score (nSPS) is 10.5. The maximum Gasteiger partial charge on any atom is 0.191 e. The standard InChI is InChI=1S/C18H19FN4.HI/c1-21-18(22-10-9-16-7-2-3-8-17(16)19)23-13-15-6-4-5-14(11-15)12-20;/h2-8,11H,9-10,13H2,1H3,(H2,21,22,23);1H. The lowest BCUT2D eigenvalue weighted by molar-refractivity contribution is 0.606. The first-order chi connectivity index (χ1) is 11.2. The molecule has 2 aromatic rings. The highest BCUT2D eigenvalue weighted by Gasteiger charge is 2.02.